The summed E-state index contributed by atoms with van der Waals surface area (Å²) in [6, 6.07) is 4.21. The molecule has 0 aliphatic rings. The number of aromatic nitrogens is 2. The zero-order chi connectivity index (χ0) is 14.0. The van der Waals surface area contributed by atoms with Crippen LogP contribution in [-0.2, 0) is 12.0 Å². The Kier molecular flexibility index (Phi) is 3.89. The van der Waals surface area contributed by atoms with Gasteiger partial charge in [0.2, 0.25) is 5.89 Å². The van der Waals surface area contributed by atoms with Gasteiger partial charge in [-0.05, 0) is 34.1 Å². The molecule has 102 valence electrons. The number of ether oxygens (including phenoxy) is 1. The Balaban J connectivity index is 2.04. The van der Waals surface area contributed by atoms with Crippen molar-refractivity contribution in [3.63, 3.8) is 0 Å². The molecule has 2 rings (SSSR count). The molecule has 0 fully saturated rings. The highest BCUT2D eigenvalue weighted by molar-refractivity contribution is 9.10. The maximum absolute atomic E-state index is 12.9. The molecule has 0 spiro atoms. The highest BCUT2D eigenvalue weighted by Gasteiger charge is 2.21. The van der Waals surface area contributed by atoms with Gasteiger partial charge in [0, 0.05) is 5.41 Å². The molecule has 0 atom stereocenters. The number of hydrogen-bond donors (Lipinski definition) is 0. The van der Waals surface area contributed by atoms with Gasteiger partial charge in [0.1, 0.15) is 11.6 Å². The second-order valence-corrected chi connectivity index (χ2v) is 5.97. The second-order valence-electron chi connectivity index (χ2n) is 5.11. The summed E-state index contributed by atoms with van der Waals surface area (Å²) in [4.78, 5) is 0. The Labute approximate surface area is 119 Å². The summed E-state index contributed by atoms with van der Waals surface area (Å²) in [5, 5.41) is 7.88. The molecule has 19 heavy (non-hydrogen) atoms. The number of halogens is 2. The molecule has 0 radical (unpaired) electrons. The van der Waals surface area contributed by atoms with Crippen LogP contribution in [0.3, 0.4) is 0 Å². The lowest BCUT2D eigenvalue weighted by Crippen LogP contribution is -2.11. The number of hydrogen-bond acceptors (Lipinski definition) is 4. The van der Waals surface area contributed by atoms with Gasteiger partial charge in [-0.25, -0.2) is 4.39 Å². The smallest absolute Gasteiger partial charge is 0.253 e. The summed E-state index contributed by atoms with van der Waals surface area (Å²) in [6.45, 7) is 6.11. The van der Waals surface area contributed by atoms with E-state index in [0.717, 1.165) is 0 Å². The van der Waals surface area contributed by atoms with Crippen LogP contribution in [0.2, 0.25) is 0 Å². The van der Waals surface area contributed by atoms with Crippen LogP contribution < -0.4 is 4.74 Å². The fraction of sp³-hybridized carbons (Fsp3) is 0.385. The minimum atomic E-state index is -0.327. The summed E-state index contributed by atoms with van der Waals surface area (Å²) in [7, 11) is 0. The normalized spacial score (nSPS) is 11.6. The maximum Gasteiger partial charge on any atom is 0.253 e. The average molecular weight is 329 g/mol. The highest BCUT2D eigenvalue weighted by Crippen LogP contribution is 2.26. The first-order chi connectivity index (χ1) is 8.86. The van der Waals surface area contributed by atoms with Crippen LogP contribution in [0.15, 0.2) is 27.1 Å². The van der Waals surface area contributed by atoms with E-state index in [1.807, 2.05) is 20.8 Å². The summed E-state index contributed by atoms with van der Waals surface area (Å²) in [6.07, 6.45) is 0. The van der Waals surface area contributed by atoms with Gasteiger partial charge in [-0.1, -0.05) is 20.8 Å². The van der Waals surface area contributed by atoms with E-state index >= 15 is 0 Å². The van der Waals surface area contributed by atoms with Gasteiger partial charge in [0.05, 0.1) is 4.47 Å². The zero-order valence-electron chi connectivity index (χ0n) is 10.9. The van der Waals surface area contributed by atoms with Crippen molar-refractivity contribution in [1.82, 2.24) is 10.2 Å². The van der Waals surface area contributed by atoms with Crippen molar-refractivity contribution in [3.05, 3.63) is 40.3 Å². The molecule has 0 saturated heterocycles. The van der Waals surface area contributed by atoms with Crippen LogP contribution in [0.1, 0.15) is 32.6 Å². The molecule has 0 unspecified atom stereocenters. The van der Waals surface area contributed by atoms with Crippen molar-refractivity contribution >= 4 is 15.9 Å². The monoisotopic (exact) mass is 328 g/mol. The Morgan fingerprint density at radius 1 is 1.32 bits per heavy atom. The van der Waals surface area contributed by atoms with E-state index in [4.69, 9.17) is 9.15 Å². The molecule has 1 heterocycles. The van der Waals surface area contributed by atoms with Gasteiger partial charge in [-0.2, -0.15) is 0 Å². The van der Waals surface area contributed by atoms with E-state index in [1.54, 1.807) is 6.07 Å². The van der Waals surface area contributed by atoms with Crippen LogP contribution in [0.25, 0.3) is 0 Å². The van der Waals surface area contributed by atoms with Gasteiger partial charge in [-0.3, -0.25) is 0 Å². The fourth-order valence-electron chi connectivity index (χ4n) is 1.35. The van der Waals surface area contributed by atoms with Crippen molar-refractivity contribution in [1.29, 1.82) is 0 Å². The van der Waals surface area contributed by atoms with Gasteiger partial charge in [0.15, 0.2) is 6.61 Å². The fourth-order valence-corrected chi connectivity index (χ4v) is 1.81. The molecule has 0 N–H and O–H groups in total. The van der Waals surface area contributed by atoms with E-state index in [0.29, 0.717) is 22.0 Å². The van der Waals surface area contributed by atoms with Crippen LogP contribution in [0, 0.1) is 5.82 Å². The molecule has 1 aromatic heterocycles. The maximum atomic E-state index is 12.9. The highest BCUT2D eigenvalue weighted by atomic mass is 79.9. The minimum absolute atomic E-state index is 0.146. The lowest BCUT2D eigenvalue weighted by Gasteiger charge is -2.11. The summed E-state index contributed by atoms with van der Waals surface area (Å²) >= 11 is 3.23. The molecular formula is C13H14BrFN2O2. The van der Waals surface area contributed by atoms with E-state index in [2.05, 4.69) is 26.1 Å². The van der Waals surface area contributed by atoms with E-state index < -0.39 is 0 Å². The first-order valence-corrected chi connectivity index (χ1v) is 6.56. The van der Waals surface area contributed by atoms with Crippen molar-refractivity contribution in [2.24, 2.45) is 0 Å². The Bertz CT molecular complexity index is 578. The molecule has 0 aliphatic heterocycles. The van der Waals surface area contributed by atoms with Crippen molar-refractivity contribution in [2.45, 2.75) is 32.8 Å². The standard InChI is InChI=1S/C13H14BrFN2O2/c1-13(2,3)12-17-16-11(19-12)7-18-10-5-4-8(15)6-9(10)14/h4-6H,7H2,1-3H3. The van der Waals surface area contributed by atoms with E-state index in [1.165, 1.54) is 12.1 Å². The largest absolute Gasteiger partial charge is 0.483 e. The molecular weight excluding hydrogens is 315 g/mol. The lowest BCUT2D eigenvalue weighted by molar-refractivity contribution is 0.250. The zero-order valence-corrected chi connectivity index (χ0v) is 12.5. The minimum Gasteiger partial charge on any atom is -0.483 e. The van der Waals surface area contributed by atoms with Gasteiger partial charge in [0.25, 0.3) is 5.89 Å². The summed E-state index contributed by atoms with van der Waals surface area (Å²) < 4.78 is 24.5. The van der Waals surface area contributed by atoms with Crippen LogP contribution in [0.4, 0.5) is 4.39 Å². The molecule has 0 bridgehead atoms. The predicted octanol–water partition coefficient (Wildman–Crippen LogP) is 3.85. The number of nitrogens with zero attached hydrogens (tertiary/aromatic N) is 2. The first-order valence-electron chi connectivity index (χ1n) is 5.77. The molecule has 1 aromatic carbocycles. The van der Waals surface area contributed by atoms with Gasteiger partial charge >= 0.3 is 0 Å². The van der Waals surface area contributed by atoms with Gasteiger partial charge < -0.3 is 9.15 Å². The Hall–Kier alpha value is -1.43. The molecule has 0 amide bonds. The summed E-state index contributed by atoms with van der Waals surface area (Å²) in [5.41, 5.74) is -0.193. The van der Waals surface area contributed by atoms with Crippen molar-refractivity contribution in [2.75, 3.05) is 0 Å². The van der Waals surface area contributed by atoms with Crippen LogP contribution in [-0.4, -0.2) is 10.2 Å². The van der Waals surface area contributed by atoms with Crippen LogP contribution in [0.5, 0.6) is 5.75 Å². The molecule has 6 heteroatoms. The van der Waals surface area contributed by atoms with Crippen molar-refractivity contribution < 1.29 is 13.5 Å². The third-order valence-electron chi connectivity index (χ3n) is 2.35. The number of benzene rings is 1. The quantitative estimate of drug-likeness (QED) is 0.858. The van der Waals surface area contributed by atoms with Crippen molar-refractivity contribution in [3.8, 4) is 5.75 Å². The van der Waals surface area contributed by atoms with Gasteiger partial charge in [-0.15, -0.1) is 10.2 Å². The Morgan fingerprint density at radius 3 is 2.63 bits per heavy atom. The molecule has 0 aliphatic carbocycles. The Morgan fingerprint density at radius 2 is 2.05 bits per heavy atom. The first kappa shape index (κ1) is 14.0. The summed E-state index contributed by atoms with van der Waals surface area (Å²) in [5.74, 6) is 1.15. The number of rotatable bonds is 3. The van der Waals surface area contributed by atoms with E-state index in [-0.39, 0.29) is 17.8 Å². The third kappa shape index (κ3) is 3.53. The third-order valence-corrected chi connectivity index (χ3v) is 2.97. The predicted molar refractivity (Wildman–Crippen MR) is 71.4 cm³/mol. The van der Waals surface area contributed by atoms with E-state index in [9.17, 15) is 4.39 Å². The lowest BCUT2D eigenvalue weighted by atomic mass is 9.97. The van der Waals surface area contributed by atoms with Crippen LogP contribution >= 0.6 is 15.9 Å². The molecule has 0 saturated carbocycles. The second kappa shape index (κ2) is 5.28. The topological polar surface area (TPSA) is 48.2 Å². The molecule has 4 nitrogen and oxygen atoms in total. The average Bonchev–Trinajstić information content (AvgIpc) is 2.76. The molecule has 2 aromatic rings. The SMILES string of the molecule is CC(C)(C)c1nnc(COc2ccc(F)cc2Br)o1.